The highest BCUT2D eigenvalue weighted by Crippen LogP contribution is 2.41. The van der Waals surface area contributed by atoms with E-state index in [1.165, 1.54) is 93.5 Å². The molecule has 0 amide bonds. The summed E-state index contributed by atoms with van der Waals surface area (Å²) in [6.45, 7) is 0. The van der Waals surface area contributed by atoms with Gasteiger partial charge in [0.15, 0.2) is 0 Å². The molecule has 9 aromatic carbocycles. The van der Waals surface area contributed by atoms with Crippen LogP contribution in [0.5, 0.6) is 0 Å². The molecule has 0 spiro atoms. The van der Waals surface area contributed by atoms with Gasteiger partial charge < -0.3 is 9.13 Å². The topological polar surface area (TPSA) is 9.86 Å². The molecule has 11 rings (SSSR count). The van der Waals surface area contributed by atoms with Crippen molar-refractivity contribution in [3.63, 3.8) is 0 Å². The van der Waals surface area contributed by atoms with Crippen molar-refractivity contribution in [3.05, 3.63) is 206 Å². The minimum absolute atomic E-state index is 1.15. The van der Waals surface area contributed by atoms with Gasteiger partial charge in [0.25, 0.3) is 0 Å². The van der Waals surface area contributed by atoms with Crippen LogP contribution in [0.15, 0.2) is 206 Å². The molecule has 252 valence electrons. The average Bonchev–Trinajstić information content (AvgIpc) is 3.76. The molecule has 0 radical (unpaired) electrons. The Hall–Kier alpha value is -7.16. The minimum atomic E-state index is 1.15. The van der Waals surface area contributed by atoms with E-state index in [-0.39, 0.29) is 0 Å². The van der Waals surface area contributed by atoms with Gasteiger partial charge in [-0.25, -0.2) is 0 Å². The monoisotopic (exact) mass is 686 g/mol. The quantitative estimate of drug-likeness (QED) is 0.171. The largest absolute Gasteiger partial charge is 0.309 e. The van der Waals surface area contributed by atoms with Crippen LogP contribution < -0.4 is 0 Å². The van der Waals surface area contributed by atoms with Crippen molar-refractivity contribution >= 4 is 54.4 Å². The molecule has 2 heterocycles. The summed E-state index contributed by atoms with van der Waals surface area (Å²) < 4.78 is 4.90. The van der Waals surface area contributed by atoms with Crippen LogP contribution in [-0.4, -0.2) is 9.13 Å². The first-order chi connectivity index (χ1) is 26.8. The molecule has 0 aliphatic carbocycles. The molecule has 0 fully saturated rings. The third-order valence-corrected chi connectivity index (χ3v) is 11.1. The first kappa shape index (κ1) is 30.5. The Morgan fingerprint density at radius 1 is 0.259 bits per heavy atom. The van der Waals surface area contributed by atoms with Crippen LogP contribution >= 0.6 is 0 Å². The number of hydrogen-bond acceptors (Lipinski definition) is 0. The van der Waals surface area contributed by atoms with Crippen LogP contribution in [0.25, 0.3) is 99.1 Å². The molecule has 0 aliphatic rings. The van der Waals surface area contributed by atoms with E-state index in [0.717, 1.165) is 5.69 Å². The van der Waals surface area contributed by atoms with Crippen molar-refractivity contribution in [2.45, 2.75) is 0 Å². The van der Waals surface area contributed by atoms with Crippen LogP contribution in [0, 0.1) is 0 Å². The van der Waals surface area contributed by atoms with Crippen molar-refractivity contribution < 1.29 is 0 Å². The number of fused-ring (bicyclic) bond motifs is 7. The smallest absolute Gasteiger partial charge is 0.0547 e. The SMILES string of the molecule is c1ccc(-c2cccc(-n3c4ccccc4c4ccc(-c5ccc6c7ccccc7n(-c7ccccc7-c7cccc8ccccc78)c6c5)cc43)c2)cc1. The summed E-state index contributed by atoms with van der Waals surface area (Å²) in [7, 11) is 0. The zero-order valence-corrected chi connectivity index (χ0v) is 29.5. The molecular formula is C52H34N2. The fraction of sp³-hybridized carbons (Fsp3) is 0. The first-order valence-corrected chi connectivity index (χ1v) is 18.6. The molecule has 2 aromatic heterocycles. The van der Waals surface area contributed by atoms with Crippen LogP contribution in [0.2, 0.25) is 0 Å². The van der Waals surface area contributed by atoms with Crippen molar-refractivity contribution in [2.75, 3.05) is 0 Å². The van der Waals surface area contributed by atoms with Crippen LogP contribution in [0.1, 0.15) is 0 Å². The summed E-state index contributed by atoms with van der Waals surface area (Å²) in [5, 5.41) is 7.50. The second kappa shape index (κ2) is 12.2. The van der Waals surface area contributed by atoms with Gasteiger partial charge in [0.2, 0.25) is 0 Å². The number of nitrogens with zero attached hydrogens (tertiary/aromatic N) is 2. The van der Waals surface area contributed by atoms with Crippen molar-refractivity contribution in [1.29, 1.82) is 0 Å². The summed E-state index contributed by atoms with van der Waals surface area (Å²) in [5.74, 6) is 0. The Morgan fingerprint density at radius 3 is 1.52 bits per heavy atom. The number of rotatable bonds is 5. The van der Waals surface area contributed by atoms with Gasteiger partial charge in [-0.3, -0.25) is 0 Å². The molecule has 0 bridgehead atoms. The van der Waals surface area contributed by atoms with Gasteiger partial charge in [-0.15, -0.1) is 0 Å². The molecule has 2 heteroatoms. The molecule has 0 aliphatic heterocycles. The van der Waals surface area contributed by atoms with E-state index >= 15 is 0 Å². The van der Waals surface area contributed by atoms with Crippen LogP contribution in [0.4, 0.5) is 0 Å². The predicted molar refractivity (Wildman–Crippen MR) is 229 cm³/mol. The number of para-hydroxylation sites is 3. The highest BCUT2D eigenvalue weighted by atomic mass is 15.0. The van der Waals surface area contributed by atoms with Gasteiger partial charge >= 0.3 is 0 Å². The van der Waals surface area contributed by atoms with Gasteiger partial charge in [-0.05, 0) is 81.1 Å². The Bertz CT molecular complexity index is 3210. The first-order valence-electron chi connectivity index (χ1n) is 18.6. The van der Waals surface area contributed by atoms with Crippen molar-refractivity contribution in [1.82, 2.24) is 9.13 Å². The van der Waals surface area contributed by atoms with E-state index in [2.05, 4.69) is 215 Å². The Kier molecular flexibility index (Phi) is 6.90. The maximum Gasteiger partial charge on any atom is 0.0547 e. The number of aromatic nitrogens is 2. The van der Waals surface area contributed by atoms with E-state index in [1.54, 1.807) is 0 Å². The highest BCUT2D eigenvalue weighted by Gasteiger charge is 2.18. The zero-order chi connectivity index (χ0) is 35.6. The van der Waals surface area contributed by atoms with E-state index in [4.69, 9.17) is 0 Å². The lowest BCUT2D eigenvalue weighted by atomic mass is 9.97. The summed E-state index contributed by atoms with van der Waals surface area (Å²) in [6.07, 6.45) is 0. The van der Waals surface area contributed by atoms with Gasteiger partial charge in [-0.1, -0.05) is 164 Å². The van der Waals surface area contributed by atoms with E-state index in [9.17, 15) is 0 Å². The van der Waals surface area contributed by atoms with E-state index in [1.807, 2.05) is 0 Å². The van der Waals surface area contributed by atoms with Gasteiger partial charge in [0, 0.05) is 32.8 Å². The lowest BCUT2D eigenvalue weighted by Gasteiger charge is -2.16. The molecule has 2 nitrogen and oxygen atoms in total. The van der Waals surface area contributed by atoms with E-state index < -0.39 is 0 Å². The fourth-order valence-corrected chi connectivity index (χ4v) is 8.65. The average molecular weight is 687 g/mol. The zero-order valence-electron chi connectivity index (χ0n) is 29.5. The number of hydrogen-bond donors (Lipinski definition) is 0. The fourth-order valence-electron chi connectivity index (χ4n) is 8.65. The molecule has 0 saturated heterocycles. The highest BCUT2D eigenvalue weighted by molar-refractivity contribution is 6.13. The lowest BCUT2D eigenvalue weighted by molar-refractivity contribution is 1.18. The van der Waals surface area contributed by atoms with Crippen LogP contribution in [0.3, 0.4) is 0 Å². The maximum absolute atomic E-state index is 2.47. The van der Waals surface area contributed by atoms with Crippen molar-refractivity contribution in [3.8, 4) is 44.8 Å². The number of benzene rings is 9. The normalized spacial score (nSPS) is 11.7. The van der Waals surface area contributed by atoms with Crippen LogP contribution in [-0.2, 0) is 0 Å². The van der Waals surface area contributed by atoms with Gasteiger partial charge in [0.05, 0.1) is 27.8 Å². The molecule has 54 heavy (non-hydrogen) atoms. The Morgan fingerprint density at radius 2 is 0.759 bits per heavy atom. The third kappa shape index (κ3) is 4.74. The second-order valence-electron chi connectivity index (χ2n) is 14.1. The molecule has 0 unspecified atom stereocenters. The molecule has 0 N–H and O–H groups in total. The van der Waals surface area contributed by atoms with Gasteiger partial charge in [-0.2, -0.15) is 0 Å². The summed E-state index contributed by atoms with van der Waals surface area (Å²) >= 11 is 0. The second-order valence-corrected chi connectivity index (χ2v) is 14.1. The Labute approximate surface area is 313 Å². The van der Waals surface area contributed by atoms with Crippen molar-refractivity contribution in [2.24, 2.45) is 0 Å². The van der Waals surface area contributed by atoms with Gasteiger partial charge in [0.1, 0.15) is 0 Å². The maximum atomic E-state index is 2.47. The summed E-state index contributed by atoms with van der Waals surface area (Å²) in [4.78, 5) is 0. The Balaban J connectivity index is 1.13. The lowest BCUT2D eigenvalue weighted by Crippen LogP contribution is -1.97. The summed E-state index contributed by atoms with van der Waals surface area (Å²) in [6, 6.07) is 75.2. The molecule has 11 aromatic rings. The molecular weight excluding hydrogens is 653 g/mol. The predicted octanol–water partition coefficient (Wildman–Crippen LogP) is 14.0. The minimum Gasteiger partial charge on any atom is -0.309 e. The standard InChI is InChI=1S/C52H34N2/c1-2-14-35(15-3-1)37-18-12-19-40(32-37)53-48-25-9-7-22-44(48)46-30-28-38(33-51(46)53)39-29-31-47-45-23-8-11-27-50(45)54(52(47)34-39)49-26-10-6-21-43(49)42-24-13-17-36-16-4-5-20-41(36)42/h1-34H. The van der Waals surface area contributed by atoms with E-state index in [0.29, 0.717) is 0 Å². The summed E-state index contributed by atoms with van der Waals surface area (Å²) in [5.41, 5.74) is 14.4. The molecule has 0 atom stereocenters. The third-order valence-electron chi connectivity index (χ3n) is 11.1. The molecule has 0 saturated carbocycles.